The number of aryl methyl sites for hydroxylation is 2. The Morgan fingerprint density at radius 2 is 2.20 bits per heavy atom. The van der Waals surface area contributed by atoms with Gasteiger partial charge in [-0.15, -0.1) is 11.3 Å². The highest BCUT2D eigenvalue weighted by Gasteiger charge is 2.18. The summed E-state index contributed by atoms with van der Waals surface area (Å²) in [6.45, 7) is 3.88. The maximum absolute atomic E-state index is 5.38. The number of thiazole rings is 1. The lowest BCUT2D eigenvalue weighted by Gasteiger charge is -1.91. The van der Waals surface area contributed by atoms with Gasteiger partial charge in [0, 0.05) is 5.69 Å². The van der Waals surface area contributed by atoms with Crippen LogP contribution in [0.2, 0.25) is 0 Å². The maximum atomic E-state index is 5.38. The van der Waals surface area contributed by atoms with E-state index in [1.54, 1.807) is 23.9 Å². The third-order valence-electron chi connectivity index (χ3n) is 3.22. The summed E-state index contributed by atoms with van der Waals surface area (Å²) in [4.78, 5) is 10.6. The second-order valence-corrected chi connectivity index (χ2v) is 5.46. The zero-order valence-electron chi connectivity index (χ0n) is 10.8. The lowest BCUT2D eigenvalue weighted by molar-refractivity contribution is 0.432. The topological polar surface area (TPSA) is 69.4 Å². The van der Waals surface area contributed by atoms with E-state index < -0.39 is 0 Å². The number of aromatic nitrogens is 4. The molecule has 0 spiro atoms. The molecule has 7 heteroatoms. The number of hydrogen-bond donors (Lipinski definition) is 0. The molecule has 4 aromatic rings. The van der Waals surface area contributed by atoms with Crippen LogP contribution in [0.15, 0.2) is 33.8 Å². The van der Waals surface area contributed by atoms with Gasteiger partial charge in [-0.25, -0.2) is 4.98 Å². The third-order valence-corrected chi connectivity index (χ3v) is 4.41. The second-order valence-electron chi connectivity index (χ2n) is 4.43. The van der Waals surface area contributed by atoms with E-state index in [9.17, 15) is 0 Å². The lowest BCUT2D eigenvalue weighted by Crippen LogP contribution is -1.84. The number of hydrogen-bond acceptors (Lipinski definition) is 6. The molecular weight excluding hydrogens is 276 g/mol. The third kappa shape index (κ3) is 1.53. The number of nitrogens with zero attached hydrogens (tertiary/aromatic N) is 4. The van der Waals surface area contributed by atoms with Crippen LogP contribution in [0, 0.1) is 13.8 Å². The van der Waals surface area contributed by atoms with E-state index in [0.717, 1.165) is 26.7 Å². The van der Waals surface area contributed by atoms with Crippen molar-refractivity contribution in [2.24, 2.45) is 0 Å². The van der Waals surface area contributed by atoms with Gasteiger partial charge in [0.2, 0.25) is 5.82 Å². The quantitative estimate of drug-likeness (QED) is 0.565. The molecule has 4 aromatic heterocycles. The van der Waals surface area contributed by atoms with Crippen molar-refractivity contribution in [1.29, 1.82) is 0 Å². The average molecular weight is 286 g/mol. The number of rotatable bonds is 2. The van der Waals surface area contributed by atoms with Crippen LogP contribution in [-0.4, -0.2) is 19.5 Å². The summed E-state index contributed by atoms with van der Waals surface area (Å²) < 4.78 is 12.7. The normalized spacial score (nSPS) is 11.5. The smallest absolute Gasteiger partial charge is 0.270 e. The summed E-state index contributed by atoms with van der Waals surface area (Å²) in [7, 11) is 0. The van der Waals surface area contributed by atoms with E-state index in [2.05, 4.69) is 15.1 Å². The van der Waals surface area contributed by atoms with Crippen molar-refractivity contribution in [2.75, 3.05) is 0 Å². The minimum Gasteiger partial charge on any atom is -0.469 e. The van der Waals surface area contributed by atoms with Crippen molar-refractivity contribution < 1.29 is 8.94 Å². The van der Waals surface area contributed by atoms with E-state index in [4.69, 9.17) is 8.94 Å². The SMILES string of the molecule is Cc1occc1-c1noc(-c2sc3cncn3c2C)n1. The molecule has 6 nitrogen and oxygen atoms in total. The van der Waals surface area contributed by atoms with Crippen molar-refractivity contribution in [2.45, 2.75) is 13.8 Å². The predicted octanol–water partition coefficient (Wildman–Crippen LogP) is 3.32. The first-order valence-corrected chi connectivity index (χ1v) is 6.85. The zero-order chi connectivity index (χ0) is 13.7. The van der Waals surface area contributed by atoms with E-state index in [0.29, 0.717) is 11.7 Å². The number of furan rings is 1. The Balaban J connectivity index is 1.83. The van der Waals surface area contributed by atoms with Gasteiger partial charge < -0.3 is 8.94 Å². The Bertz CT molecular complexity index is 899. The average Bonchev–Trinajstić information content (AvgIpc) is 3.15. The van der Waals surface area contributed by atoms with Gasteiger partial charge in [-0.2, -0.15) is 4.98 Å². The van der Waals surface area contributed by atoms with Crippen molar-refractivity contribution in [3.8, 4) is 22.2 Å². The Morgan fingerprint density at radius 1 is 1.30 bits per heavy atom. The standard InChI is InChI=1S/C13H10N4O2S/c1-7-11(20-10-5-14-6-17(7)10)13-15-12(16-19-13)9-3-4-18-8(9)2/h3-6H,1-2H3. The molecule has 0 N–H and O–H groups in total. The highest BCUT2D eigenvalue weighted by Crippen LogP contribution is 2.33. The molecule has 20 heavy (non-hydrogen) atoms. The highest BCUT2D eigenvalue weighted by atomic mass is 32.1. The number of imidazole rings is 1. The molecule has 0 radical (unpaired) electrons. The molecule has 0 aliphatic rings. The first-order valence-electron chi connectivity index (χ1n) is 6.04. The monoisotopic (exact) mass is 286 g/mol. The first-order chi connectivity index (χ1) is 9.74. The fourth-order valence-corrected chi connectivity index (χ4v) is 3.16. The van der Waals surface area contributed by atoms with Gasteiger partial charge in [-0.1, -0.05) is 5.16 Å². The molecular formula is C13H10N4O2S. The van der Waals surface area contributed by atoms with Gasteiger partial charge in [-0.3, -0.25) is 4.40 Å². The van der Waals surface area contributed by atoms with Crippen LogP contribution >= 0.6 is 11.3 Å². The lowest BCUT2D eigenvalue weighted by atomic mass is 10.2. The minimum absolute atomic E-state index is 0.520. The summed E-state index contributed by atoms with van der Waals surface area (Å²) >= 11 is 1.58. The van der Waals surface area contributed by atoms with Crippen LogP contribution in [0.25, 0.3) is 27.0 Å². The molecule has 100 valence electrons. The van der Waals surface area contributed by atoms with Crippen LogP contribution < -0.4 is 0 Å². The molecule has 4 rings (SSSR count). The summed E-state index contributed by atoms with van der Waals surface area (Å²) in [5.41, 5.74) is 1.89. The molecule has 0 saturated heterocycles. The molecule has 0 saturated carbocycles. The van der Waals surface area contributed by atoms with Crippen LogP contribution in [0.1, 0.15) is 11.5 Å². The molecule has 0 fully saturated rings. The molecule has 4 heterocycles. The molecule has 0 amide bonds. The van der Waals surface area contributed by atoms with Crippen LogP contribution in [0.3, 0.4) is 0 Å². The van der Waals surface area contributed by atoms with E-state index in [-0.39, 0.29) is 0 Å². The molecule has 0 aliphatic heterocycles. The van der Waals surface area contributed by atoms with Gasteiger partial charge in [-0.05, 0) is 19.9 Å². The highest BCUT2D eigenvalue weighted by molar-refractivity contribution is 7.20. The molecule has 0 aliphatic carbocycles. The summed E-state index contributed by atoms with van der Waals surface area (Å²) in [5, 5.41) is 4.03. The zero-order valence-corrected chi connectivity index (χ0v) is 11.6. The van der Waals surface area contributed by atoms with Gasteiger partial charge in [0.15, 0.2) is 0 Å². The predicted molar refractivity (Wildman–Crippen MR) is 73.5 cm³/mol. The Hall–Kier alpha value is -2.41. The van der Waals surface area contributed by atoms with Crippen LogP contribution in [0.4, 0.5) is 0 Å². The van der Waals surface area contributed by atoms with Crippen molar-refractivity contribution >= 4 is 16.2 Å². The fourth-order valence-electron chi connectivity index (χ4n) is 2.14. The van der Waals surface area contributed by atoms with Gasteiger partial charge in [0.1, 0.15) is 21.8 Å². The Kier molecular flexibility index (Phi) is 2.31. The first kappa shape index (κ1) is 11.4. The summed E-state index contributed by atoms with van der Waals surface area (Å²) in [6, 6.07) is 1.83. The minimum atomic E-state index is 0.520. The fraction of sp³-hybridized carbons (Fsp3) is 0.154. The van der Waals surface area contributed by atoms with Gasteiger partial charge >= 0.3 is 0 Å². The van der Waals surface area contributed by atoms with Crippen molar-refractivity contribution in [1.82, 2.24) is 19.5 Å². The van der Waals surface area contributed by atoms with Gasteiger partial charge in [0.05, 0.1) is 18.0 Å². The molecule has 0 atom stereocenters. The molecule has 0 unspecified atom stereocenters. The number of fused-ring (bicyclic) bond motifs is 1. The van der Waals surface area contributed by atoms with E-state index in [1.807, 2.05) is 30.5 Å². The van der Waals surface area contributed by atoms with E-state index >= 15 is 0 Å². The summed E-state index contributed by atoms with van der Waals surface area (Å²) in [5.74, 6) is 1.84. The maximum Gasteiger partial charge on any atom is 0.270 e. The Morgan fingerprint density at radius 3 is 2.95 bits per heavy atom. The van der Waals surface area contributed by atoms with E-state index in [1.165, 1.54) is 0 Å². The van der Waals surface area contributed by atoms with Crippen molar-refractivity contribution in [3.05, 3.63) is 36.3 Å². The molecule has 0 aromatic carbocycles. The van der Waals surface area contributed by atoms with Gasteiger partial charge in [0.25, 0.3) is 5.89 Å². The second kappa shape index (κ2) is 4.04. The van der Waals surface area contributed by atoms with Crippen LogP contribution in [0.5, 0.6) is 0 Å². The Labute approximate surface area is 117 Å². The van der Waals surface area contributed by atoms with Crippen molar-refractivity contribution in [3.63, 3.8) is 0 Å². The van der Waals surface area contributed by atoms with Crippen LogP contribution in [-0.2, 0) is 0 Å². The molecule has 0 bridgehead atoms. The largest absolute Gasteiger partial charge is 0.469 e. The summed E-state index contributed by atoms with van der Waals surface area (Å²) in [6.07, 6.45) is 5.22.